The maximum atomic E-state index is 9.68. The summed E-state index contributed by atoms with van der Waals surface area (Å²) in [6.07, 6.45) is 0.496. The van der Waals surface area contributed by atoms with Crippen molar-refractivity contribution in [2.24, 2.45) is 0 Å². The van der Waals surface area contributed by atoms with Gasteiger partial charge in [0.15, 0.2) is 0 Å². The van der Waals surface area contributed by atoms with E-state index >= 15 is 0 Å². The van der Waals surface area contributed by atoms with Crippen molar-refractivity contribution in [3.8, 4) is 5.75 Å². The predicted octanol–water partition coefficient (Wildman–Crippen LogP) is 1.87. The summed E-state index contributed by atoms with van der Waals surface area (Å²) in [5.41, 5.74) is 2.38. The van der Waals surface area contributed by atoms with Crippen LogP contribution in [-0.2, 0) is 17.7 Å². The zero-order valence-corrected chi connectivity index (χ0v) is 12.7. The highest BCUT2D eigenvalue weighted by atomic mass is 79.9. The minimum Gasteiger partial charge on any atom is -0.493 e. The van der Waals surface area contributed by atoms with Crippen molar-refractivity contribution in [3.05, 3.63) is 27.7 Å². The van der Waals surface area contributed by atoms with Crippen LogP contribution in [0, 0.1) is 0 Å². The zero-order valence-electron chi connectivity index (χ0n) is 11.1. The Morgan fingerprint density at radius 3 is 3.16 bits per heavy atom. The first-order valence-electron chi connectivity index (χ1n) is 6.61. The van der Waals surface area contributed by atoms with Crippen LogP contribution in [0.1, 0.15) is 18.1 Å². The first-order chi connectivity index (χ1) is 9.20. The number of fused-ring (bicyclic) bond motifs is 1. The molecule has 19 heavy (non-hydrogen) atoms. The number of halogens is 1. The number of ether oxygens (including phenoxy) is 2. The first-order valence-corrected chi connectivity index (χ1v) is 7.40. The van der Waals surface area contributed by atoms with Crippen molar-refractivity contribution >= 4 is 15.9 Å². The predicted molar refractivity (Wildman–Crippen MR) is 77.5 cm³/mol. The highest BCUT2D eigenvalue weighted by molar-refractivity contribution is 9.10. The minimum atomic E-state index is -0.471. The molecular formula is C14H20BrNO3. The Bertz CT molecular complexity index is 425. The van der Waals surface area contributed by atoms with Crippen LogP contribution in [0.4, 0.5) is 0 Å². The van der Waals surface area contributed by atoms with Gasteiger partial charge >= 0.3 is 0 Å². The third-order valence-corrected chi connectivity index (χ3v) is 3.49. The number of aliphatic hydroxyl groups excluding tert-OH is 1. The summed E-state index contributed by atoms with van der Waals surface area (Å²) in [4.78, 5) is 0. The first kappa shape index (κ1) is 14.8. The Balaban J connectivity index is 1.86. The summed E-state index contributed by atoms with van der Waals surface area (Å²) >= 11 is 3.52. The number of hydrogen-bond donors (Lipinski definition) is 2. The van der Waals surface area contributed by atoms with Gasteiger partial charge in [0.05, 0.1) is 19.3 Å². The van der Waals surface area contributed by atoms with Gasteiger partial charge in [0.1, 0.15) is 5.75 Å². The van der Waals surface area contributed by atoms with Gasteiger partial charge in [0, 0.05) is 36.2 Å². The molecule has 106 valence electrons. The summed E-state index contributed by atoms with van der Waals surface area (Å²) in [7, 11) is 0. The highest BCUT2D eigenvalue weighted by Crippen LogP contribution is 2.32. The van der Waals surface area contributed by atoms with Gasteiger partial charge < -0.3 is 19.9 Å². The lowest BCUT2D eigenvalue weighted by atomic mass is 10.1. The number of hydrogen-bond acceptors (Lipinski definition) is 4. The molecule has 0 bridgehead atoms. The normalized spacial score (nSPS) is 15.1. The lowest BCUT2D eigenvalue weighted by molar-refractivity contribution is 0.0427. The second kappa shape index (κ2) is 7.24. The summed E-state index contributed by atoms with van der Waals surface area (Å²) in [5, 5.41) is 12.9. The van der Waals surface area contributed by atoms with Crippen molar-refractivity contribution in [3.63, 3.8) is 0 Å². The van der Waals surface area contributed by atoms with Crippen molar-refractivity contribution in [2.45, 2.75) is 26.0 Å². The molecular weight excluding hydrogens is 310 g/mol. The molecule has 0 saturated heterocycles. The molecule has 0 saturated carbocycles. The van der Waals surface area contributed by atoms with Crippen LogP contribution in [0.3, 0.4) is 0 Å². The molecule has 1 aliphatic heterocycles. The molecule has 0 radical (unpaired) electrons. The Morgan fingerprint density at radius 2 is 2.37 bits per heavy atom. The van der Waals surface area contributed by atoms with E-state index in [1.165, 1.54) is 5.56 Å². The van der Waals surface area contributed by atoms with Gasteiger partial charge in [-0.2, -0.15) is 0 Å². The van der Waals surface area contributed by atoms with Gasteiger partial charge in [0.25, 0.3) is 0 Å². The molecule has 1 aromatic rings. The quantitative estimate of drug-likeness (QED) is 0.801. The fourth-order valence-corrected chi connectivity index (χ4v) is 2.72. The maximum absolute atomic E-state index is 9.68. The molecule has 1 unspecified atom stereocenters. The van der Waals surface area contributed by atoms with Crippen LogP contribution < -0.4 is 10.1 Å². The molecule has 0 amide bonds. The molecule has 1 atom stereocenters. The standard InChI is InChI=1S/C14H20BrNO3/c1-2-18-9-13(17)8-16-7-11-6-12(15)5-10-3-4-19-14(10)11/h5-6,13,16-17H,2-4,7-9H2,1H3. The Morgan fingerprint density at radius 1 is 1.53 bits per heavy atom. The summed E-state index contributed by atoms with van der Waals surface area (Å²) in [5.74, 6) is 0.995. The largest absolute Gasteiger partial charge is 0.493 e. The number of aliphatic hydroxyl groups is 1. The molecule has 4 nitrogen and oxygen atoms in total. The molecule has 2 N–H and O–H groups in total. The smallest absolute Gasteiger partial charge is 0.127 e. The lowest BCUT2D eigenvalue weighted by Gasteiger charge is -2.13. The fourth-order valence-electron chi connectivity index (χ4n) is 2.16. The average molecular weight is 330 g/mol. The molecule has 0 fully saturated rings. The fraction of sp³-hybridized carbons (Fsp3) is 0.571. The van der Waals surface area contributed by atoms with Crippen molar-refractivity contribution in [1.29, 1.82) is 0 Å². The van der Waals surface area contributed by atoms with E-state index in [0.29, 0.717) is 26.3 Å². The average Bonchev–Trinajstić information content (AvgIpc) is 2.84. The molecule has 0 aromatic heterocycles. The second-order valence-electron chi connectivity index (χ2n) is 4.60. The summed E-state index contributed by atoms with van der Waals surface area (Å²) < 4.78 is 11.9. The molecule has 2 rings (SSSR count). The van der Waals surface area contributed by atoms with E-state index in [0.717, 1.165) is 28.8 Å². The molecule has 5 heteroatoms. The van der Waals surface area contributed by atoms with Crippen LogP contribution in [0.5, 0.6) is 5.75 Å². The molecule has 0 spiro atoms. The van der Waals surface area contributed by atoms with Crippen molar-refractivity contribution < 1.29 is 14.6 Å². The zero-order chi connectivity index (χ0) is 13.7. The van der Waals surface area contributed by atoms with E-state index in [-0.39, 0.29) is 0 Å². The maximum Gasteiger partial charge on any atom is 0.127 e. The van der Waals surface area contributed by atoms with E-state index in [1.807, 2.05) is 6.92 Å². The van der Waals surface area contributed by atoms with Crippen LogP contribution in [0.15, 0.2) is 16.6 Å². The molecule has 1 heterocycles. The Labute approximate surface area is 122 Å². The van der Waals surface area contributed by atoms with E-state index in [4.69, 9.17) is 9.47 Å². The number of nitrogens with one attached hydrogen (secondary N) is 1. The summed E-state index contributed by atoms with van der Waals surface area (Å²) in [6.45, 7) is 4.88. The van der Waals surface area contributed by atoms with Gasteiger partial charge in [-0.3, -0.25) is 0 Å². The van der Waals surface area contributed by atoms with E-state index in [1.54, 1.807) is 0 Å². The number of rotatable bonds is 7. The van der Waals surface area contributed by atoms with Crippen LogP contribution in [0.25, 0.3) is 0 Å². The highest BCUT2D eigenvalue weighted by Gasteiger charge is 2.17. The monoisotopic (exact) mass is 329 g/mol. The Hall–Kier alpha value is -0.620. The number of benzene rings is 1. The van der Waals surface area contributed by atoms with Gasteiger partial charge in [-0.15, -0.1) is 0 Å². The van der Waals surface area contributed by atoms with Gasteiger partial charge in [0.2, 0.25) is 0 Å². The SMILES string of the molecule is CCOCC(O)CNCc1cc(Br)cc2c1OCC2. The second-order valence-corrected chi connectivity index (χ2v) is 5.51. The van der Waals surface area contributed by atoms with Gasteiger partial charge in [-0.05, 0) is 24.6 Å². The third-order valence-electron chi connectivity index (χ3n) is 3.04. The van der Waals surface area contributed by atoms with E-state index in [2.05, 4.69) is 33.4 Å². The minimum absolute atomic E-state index is 0.372. The van der Waals surface area contributed by atoms with Crippen molar-refractivity contribution in [1.82, 2.24) is 5.32 Å². The third kappa shape index (κ3) is 4.18. The van der Waals surface area contributed by atoms with E-state index in [9.17, 15) is 5.11 Å². The van der Waals surface area contributed by atoms with Crippen LogP contribution >= 0.6 is 15.9 Å². The van der Waals surface area contributed by atoms with Gasteiger partial charge in [-0.1, -0.05) is 15.9 Å². The molecule has 1 aromatic carbocycles. The topological polar surface area (TPSA) is 50.7 Å². The lowest BCUT2D eigenvalue weighted by Crippen LogP contribution is -2.30. The Kier molecular flexibility index (Phi) is 5.63. The van der Waals surface area contributed by atoms with Crippen LogP contribution in [0.2, 0.25) is 0 Å². The van der Waals surface area contributed by atoms with E-state index < -0.39 is 6.10 Å². The summed E-state index contributed by atoms with van der Waals surface area (Å²) in [6, 6.07) is 4.17. The molecule has 1 aliphatic rings. The van der Waals surface area contributed by atoms with Crippen LogP contribution in [-0.4, -0.2) is 37.6 Å². The van der Waals surface area contributed by atoms with Gasteiger partial charge in [-0.25, -0.2) is 0 Å². The molecule has 0 aliphatic carbocycles. The van der Waals surface area contributed by atoms with Crippen molar-refractivity contribution in [2.75, 3.05) is 26.4 Å².